The fourth-order valence-corrected chi connectivity index (χ4v) is 3.48. The van der Waals surface area contributed by atoms with Gasteiger partial charge in [0.05, 0.1) is 36.5 Å². The average Bonchev–Trinajstić information content (AvgIpc) is 3.51. The van der Waals surface area contributed by atoms with Gasteiger partial charge in [-0.1, -0.05) is 0 Å². The summed E-state index contributed by atoms with van der Waals surface area (Å²) in [6.45, 7) is 5.55. The van der Waals surface area contributed by atoms with Crippen LogP contribution in [0.3, 0.4) is 0 Å². The van der Waals surface area contributed by atoms with Crippen molar-refractivity contribution >= 4 is 17.5 Å². The summed E-state index contributed by atoms with van der Waals surface area (Å²) < 4.78 is 14.4. The van der Waals surface area contributed by atoms with E-state index in [1.165, 1.54) is 23.3 Å². The van der Waals surface area contributed by atoms with Crippen LogP contribution in [0, 0.1) is 19.7 Å². The topological polar surface area (TPSA) is 152 Å². The quantitative estimate of drug-likeness (QED) is 0.306. The summed E-state index contributed by atoms with van der Waals surface area (Å²) in [4.78, 5) is 34.6. The molecule has 186 valence electrons. The first-order valence-corrected chi connectivity index (χ1v) is 11.3. The van der Waals surface area contributed by atoms with Crippen LogP contribution in [0.15, 0.2) is 55.2 Å². The lowest BCUT2D eigenvalue weighted by atomic mass is 10.2. The van der Waals surface area contributed by atoms with Crippen LogP contribution in [-0.4, -0.2) is 50.8 Å². The zero-order valence-electron chi connectivity index (χ0n) is 20.1. The van der Waals surface area contributed by atoms with E-state index in [1.807, 2.05) is 26.0 Å². The van der Waals surface area contributed by atoms with Gasteiger partial charge in [0, 0.05) is 35.3 Å². The van der Waals surface area contributed by atoms with Crippen molar-refractivity contribution in [2.45, 2.75) is 26.8 Å². The molecule has 5 aromatic rings. The summed E-state index contributed by atoms with van der Waals surface area (Å²) in [7, 11) is 0. The van der Waals surface area contributed by atoms with Gasteiger partial charge in [-0.3, -0.25) is 19.9 Å². The van der Waals surface area contributed by atoms with E-state index in [1.54, 1.807) is 25.3 Å². The first-order chi connectivity index (χ1) is 17.8. The molecule has 0 fully saturated rings. The van der Waals surface area contributed by atoms with E-state index < -0.39 is 11.9 Å². The van der Waals surface area contributed by atoms with Gasteiger partial charge in [-0.2, -0.15) is 10.2 Å². The van der Waals surface area contributed by atoms with Crippen LogP contribution in [0.2, 0.25) is 0 Å². The monoisotopic (exact) mass is 499 g/mol. The van der Waals surface area contributed by atoms with Gasteiger partial charge in [0.1, 0.15) is 11.5 Å². The minimum Gasteiger partial charge on any atom is -0.343 e. The summed E-state index contributed by atoms with van der Waals surface area (Å²) in [6, 6.07) is 6.58. The number of aromatic nitrogens is 9. The van der Waals surface area contributed by atoms with Crippen molar-refractivity contribution in [3.8, 4) is 17.2 Å². The number of aromatic amines is 1. The Morgan fingerprint density at radius 2 is 1.89 bits per heavy atom. The maximum Gasteiger partial charge on any atom is 0.270 e. The van der Waals surface area contributed by atoms with Gasteiger partial charge in [-0.25, -0.2) is 24.0 Å². The lowest BCUT2D eigenvalue weighted by molar-refractivity contribution is 0.0934. The minimum atomic E-state index is -0.472. The highest BCUT2D eigenvalue weighted by atomic mass is 19.1. The molecular weight excluding hydrogens is 477 g/mol. The summed E-state index contributed by atoms with van der Waals surface area (Å²) in [6.07, 6.45) is 6.79. The Hall–Kier alpha value is -5.07. The van der Waals surface area contributed by atoms with E-state index in [9.17, 15) is 9.18 Å². The number of rotatable bonds is 7. The maximum atomic E-state index is 13.2. The van der Waals surface area contributed by atoms with Crippen molar-refractivity contribution < 1.29 is 9.18 Å². The van der Waals surface area contributed by atoms with Crippen molar-refractivity contribution in [1.82, 2.24) is 50.2 Å². The smallest absolute Gasteiger partial charge is 0.270 e. The molecule has 1 unspecified atom stereocenters. The third kappa shape index (κ3) is 5.45. The number of nitrogens with zero attached hydrogens (tertiary/aromatic N) is 8. The number of carbonyl (C=O) groups is 1. The fourth-order valence-electron chi connectivity index (χ4n) is 3.48. The number of halogens is 1. The van der Waals surface area contributed by atoms with Crippen LogP contribution in [0.1, 0.15) is 40.5 Å². The van der Waals surface area contributed by atoms with E-state index in [4.69, 9.17) is 0 Å². The Kier molecular flexibility index (Phi) is 6.32. The van der Waals surface area contributed by atoms with E-state index in [-0.39, 0.29) is 11.6 Å². The van der Waals surface area contributed by atoms with Gasteiger partial charge < -0.3 is 10.6 Å². The molecule has 0 aromatic carbocycles. The van der Waals surface area contributed by atoms with Gasteiger partial charge in [0.2, 0.25) is 0 Å². The standard InChI is InChI=1S/C24H22FN11O/c1-13-6-20(32-21-7-14(2)34-35-21)33-23(30-13)16-4-5-18(26-8-16)24(37)31-15(3)19-10-28-22(11-27-19)36-12-17(25)9-29-36/h4-12,15H,1-3H3,(H,31,37)(H2,30,32,33,34,35). The van der Waals surface area contributed by atoms with E-state index in [0.29, 0.717) is 34.5 Å². The Labute approximate surface area is 210 Å². The van der Waals surface area contributed by atoms with Crippen LogP contribution in [0.25, 0.3) is 17.2 Å². The Morgan fingerprint density at radius 3 is 2.54 bits per heavy atom. The Bertz CT molecular complexity index is 1540. The fraction of sp³-hybridized carbons (Fsp3) is 0.167. The average molecular weight is 500 g/mol. The molecule has 0 spiro atoms. The highest BCUT2D eigenvalue weighted by Crippen LogP contribution is 2.20. The SMILES string of the molecule is Cc1cc(Nc2cc(C)[nH]n2)nc(-c2ccc(C(=O)NC(C)c3cnc(-n4cc(F)cn4)cn3)nc2)n1. The van der Waals surface area contributed by atoms with Crippen molar-refractivity contribution in [3.63, 3.8) is 0 Å². The van der Waals surface area contributed by atoms with Crippen molar-refractivity contribution in [3.05, 3.63) is 83.8 Å². The van der Waals surface area contributed by atoms with Gasteiger partial charge in [0.25, 0.3) is 5.91 Å². The van der Waals surface area contributed by atoms with Crippen LogP contribution in [-0.2, 0) is 0 Å². The summed E-state index contributed by atoms with van der Waals surface area (Å²) in [5, 5.41) is 16.9. The first kappa shape index (κ1) is 23.7. The first-order valence-electron chi connectivity index (χ1n) is 11.3. The molecular formula is C24H22FN11O. The number of anilines is 2. The Morgan fingerprint density at radius 1 is 1.03 bits per heavy atom. The number of amides is 1. The van der Waals surface area contributed by atoms with Crippen molar-refractivity contribution in [2.75, 3.05) is 5.32 Å². The highest BCUT2D eigenvalue weighted by Gasteiger charge is 2.15. The number of pyridine rings is 1. The van der Waals surface area contributed by atoms with Crippen LogP contribution >= 0.6 is 0 Å². The lowest BCUT2D eigenvalue weighted by Crippen LogP contribution is -2.28. The second-order valence-electron chi connectivity index (χ2n) is 8.31. The molecule has 0 aliphatic rings. The molecule has 5 aromatic heterocycles. The van der Waals surface area contributed by atoms with Crippen molar-refractivity contribution in [2.24, 2.45) is 0 Å². The third-order valence-electron chi connectivity index (χ3n) is 5.31. The third-order valence-corrected chi connectivity index (χ3v) is 5.31. The minimum absolute atomic E-state index is 0.227. The van der Waals surface area contributed by atoms with Crippen LogP contribution in [0.5, 0.6) is 0 Å². The Balaban J connectivity index is 1.25. The number of hydrogen-bond acceptors (Lipinski definition) is 9. The number of aryl methyl sites for hydroxylation is 2. The predicted octanol–water partition coefficient (Wildman–Crippen LogP) is 3.23. The van der Waals surface area contributed by atoms with Gasteiger partial charge in [-0.15, -0.1) is 0 Å². The van der Waals surface area contributed by atoms with E-state index >= 15 is 0 Å². The number of hydrogen-bond donors (Lipinski definition) is 3. The summed E-state index contributed by atoms with van der Waals surface area (Å²) in [5.74, 6) is 1.22. The molecule has 5 rings (SSSR count). The number of carbonyl (C=O) groups excluding carboxylic acids is 1. The van der Waals surface area contributed by atoms with Crippen LogP contribution < -0.4 is 10.6 Å². The largest absolute Gasteiger partial charge is 0.343 e. The zero-order chi connectivity index (χ0) is 25.9. The molecule has 1 atom stereocenters. The number of H-pyrrole nitrogens is 1. The van der Waals surface area contributed by atoms with Gasteiger partial charge in [0.15, 0.2) is 23.3 Å². The molecule has 0 saturated carbocycles. The molecule has 12 nitrogen and oxygen atoms in total. The van der Waals surface area contributed by atoms with Crippen LogP contribution in [0.4, 0.5) is 16.0 Å². The number of nitrogens with one attached hydrogen (secondary N) is 3. The molecule has 0 saturated heterocycles. The van der Waals surface area contributed by atoms with E-state index in [2.05, 4.69) is 50.8 Å². The second kappa shape index (κ2) is 9.89. The molecule has 0 radical (unpaired) electrons. The molecule has 13 heteroatoms. The molecule has 3 N–H and O–H groups in total. The zero-order valence-corrected chi connectivity index (χ0v) is 20.1. The van der Waals surface area contributed by atoms with E-state index in [0.717, 1.165) is 17.6 Å². The van der Waals surface area contributed by atoms with Gasteiger partial charge in [-0.05, 0) is 32.9 Å². The van der Waals surface area contributed by atoms with Crippen molar-refractivity contribution in [1.29, 1.82) is 0 Å². The molecule has 5 heterocycles. The maximum absolute atomic E-state index is 13.2. The lowest BCUT2D eigenvalue weighted by Gasteiger charge is -2.13. The normalized spacial score (nSPS) is 11.8. The predicted molar refractivity (Wildman–Crippen MR) is 132 cm³/mol. The molecule has 1 amide bonds. The van der Waals surface area contributed by atoms with Gasteiger partial charge >= 0.3 is 0 Å². The highest BCUT2D eigenvalue weighted by molar-refractivity contribution is 5.92. The second-order valence-corrected chi connectivity index (χ2v) is 8.31. The molecule has 37 heavy (non-hydrogen) atoms. The molecule has 0 aliphatic carbocycles. The molecule has 0 aliphatic heterocycles. The summed E-state index contributed by atoms with van der Waals surface area (Å²) >= 11 is 0. The molecule has 0 bridgehead atoms. The summed E-state index contributed by atoms with van der Waals surface area (Å²) in [5.41, 5.74) is 3.11.